The Hall–Kier alpha value is -2.86. The number of aryl methyl sites for hydroxylation is 1. The van der Waals surface area contributed by atoms with Crippen molar-refractivity contribution in [2.75, 3.05) is 13.7 Å². The van der Waals surface area contributed by atoms with E-state index >= 15 is 0 Å². The molecule has 3 aromatic rings. The molecule has 1 aliphatic heterocycles. The molecule has 0 spiro atoms. The summed E-state index contributed by atoms with van der Waals surface area (Å²) >= 11 is 5.78. The number of methoxy groups -OCH3 is 1. The van der Waals surface area contributed by atoms with Crippen molar-refractivity contribution in [3.63, 3.8) is 0 Å². The highest BCUT2D eigenvalue weighted by Crippen LogP contribution is 2.41. The minimum absolute atomic E-state index is 0.0235. The Morgan fingerprint density at radius 1 is 1.13 bits per heavy atom. The standard InChI is InChI=1S/C25H30N4OS/c1-5-6-15-28-24(23(27-25(28)31)22-9-7-8-14-26-22)21-16-17(2)29(18(21)3)19-10-12-20(30-4)13-11-19/h7-14,16,23-24H,5-6,15H2,1-4H3,(H,27,31)/t23-,24-/m0/s1. The van der Waals surface area contributed by atoms with Crippen LogP contribution in [-0.4, -0.2) is 33.2 Å². The van der Waals surface area contributed by atoms with Crippen LogP contribution in [0.15, 0.2) is 54.7 Å². The van der Waals surface area contributed by atoms with Gasteiger partial charge in [0.05, 0.1) is 24.9 Å². The molecule has 0 aliphatic carbocycles. The SMILES string of the molecule is CCCCN1C(=S)N[C@@H](c2ccccn2)[C@@H]1c1cc(C)n(-c2ccc(OC)cc2)c1C. The summed E-state index contributed by atoms with van der Waals surface area (Å²) in [5.41, 5.74) is 5.85. The van der Waals surface area contributed by atoms with Crippen LogP contribution in [0.3, 0.4) is 0 Å². The van der Waals surface area contributed by atoms with E-state index in [1.165, 1.54) is 17.0 Å². The molecule has 1 aromatic carbocycles. The van der Waals surface area contributed by atoms with Crippen molar-refractivity contribution in [2.24, 2.45) is 0 Å². The van der Waals surface area contributed by atoms with Crippen molar-refractivity contribution >= 4 is 17.3 Å². The molecule has 1 N–H and O–H groups in total. The predicted octanol–water partition coefficient (Wildman–Crippen LogP) is 5.27. The van der Waals surface area contributed by atoms with Gasteiger partial charge in [-0.3, -0.25) is 4.98 Å². The monoisotopic (exact) mass is 434 g/mol. The zero-order chi connectivity index (χ0) is 22.0. The lowest BCUT2D eigenvalue weighted by Gasteiger charge is -2.28. The molecule has 6 heteroatoms. The summed E-state index contributed by atoms with van der Waals surface area (Å²) < 4.78 is 7.64. The van der Waals surface area contributed by atoms with E-state index in [-0.39, 0.29) is 12.1 Å². The van der Waals surface area contributed by atoms with E-state index in [1.807, 2.05) is 30.5 Å². The van der Waals surface area contributed by atoms with Crippen LogP contribution in [0.5, 0.6) is 5.75 Å². The number of unbranched alkanes of at least 4 members (excludes halogenated alkanes) is 1. The number of ether oxygens (including phenoxy) is 1. The maximum absolute atomic E-state index is 5.78. The van der Waals surface area contributed by atoms with Crippen molar-refractivity contribution < 1.29 is 4.74 Å². The van der Waals surface area contributed by atoms with Crippen LogP contribution in [0.25, 0.3) is 5.69 Å². The maximum atomic E-state index is 5.78. The van der Waals surface area contributed by atoms with Crippen molar-refractivity contribution in [1.29, 1.82) is 0 Å². The van der Waals surface area contributed by atoms with Gasteiger partial charge in [-0.1, -0.05) is 19.4 Å². The van der Waals surface area contributed by atoms with Crippen LogP contribution in [0.4, 0.5) is 0 Å². The highest BCUT2D eigenvalue weighted by molar-refractivity contribution is 7.80. The van der Waals surface area contributed by atoms with Crippen molar-refractivity contribution in [3.8, 4) is 11.4 Å². The van der Waals surface area contributed by atoms with Gasteiger partial charge in [0, 0.05) is 29.8 Å². The molecule has 31 heavy (non-hydrogen) atoms. The number of nitrogens with zero attached hydrogens (tertiary/aromatic N) is 3. The molecule has 0 unspecified atom stereocenters. The first-order valence-electron chi connectivity index (χ1n) is 10.9. The second-order valence-corrected chi connectivity index (χ2v) is 8.42. The smallest absolute Gasteiger partial charge is 0.170 e. The number of nitrogens with one attached hydrogen (secondary N) is 1. The Labute approximate surface area is 190 Å². The zero-order valence-corrected chi connectivity index (χ0v) is 19.4. The fourth-order valence-electron chi connectivity index (χ4n) is 4.53. The second kappa shape index (κ2) is 9.10. The molecule has 4 rings (SSSR count). The number of hydrogen-bond acceptors (Lipinski definition) is 3. The number of rotatable bonds is 7. The third-order valence-corrected chi connectivity index (χ3v) is 6.42. The number of hydrogen-bond donors (Lipinski definition) is 1. The van der Waals surface area contributed by atoms with Gasteiger partial charge in [-0.15, -0.1) is 0 Å². The van der Waals surface area contributed by atoms with Crippen LogP contribution in [0.1, 0.15) is 54.5 Å². The van der Waals surface area contributed by atoms with E-state index in [0.717, 1.165) is 41.6 Å². The molecule has 0 saturated carbocycles. The molecule has 0 amide bonds. The zero-order valence-electron chi connectivity index (χ0n) is 18.6. The molecule has 162 valence electrons. The summed E-state index contributed by atoms with van der Waals surface area (Å²) in [4.78, 5) is 7.00. The summed E-state index contributed by atoms with van der Waals surface area (Å²) in [6.07, 6.45) is 4.09. The van der Waals surface area contributed by atoms with E-state index in [9.17, 15) is 0 Å². The van der Waals surface area contributed by atoms with Gasteiger partial charge >= 0.3 is 0 Å². The number of thiocarbonyl (C=S) groups is 1. The topological polar surface area (TPSA) is 42.3 Å². The molecule has 2 atom stereocenters. The van der Waals surface area contributed by atoms with Gasteiger partial charge in [0.1, 0.15) is 5.75 Å². The van der Waals surface area contributed by atoms with E-state index in [4.69, 9.17) is 17.0 Å². The molecular formula is C25H30N4OS. The molecule has 0 bridgehead atoms. The summed E-state index contributed by atoms with van der Waals surface area (Å²) in [7, 11) is 1.69. The van der Waals surface area contributed by atoms with E-state index in [0.29, 0.717) is 0 Å². The van der Waals surface area contributed by atoms with Crippen LogP contribution in [0, 0.1) is 13.8 Å². The molecule has 2 aromatic heterocycles. The lowest BCUT2D eigenvalue weighted by molar-refractivity contribution is 0.312. The molecule has 1 fully saturated rings. The van der Waals surface area contributed by atoms with Gasteiger partial charge in [-0.2, -0.15) is 0 Å². The fourth-order valence-corrected chi connectivity index (χ4v) is 4.86. The first-order chi connectivity index (χ1) is 15.0. The number of aromatic nitrogens is 2. The molecule has 1 aliphatic rings. The number of pyridine rings is 1. The summed E-state index contributed by atoms with van der Waals surface area (Å²) in [5.74, 6) is 0.859. The van der Waals surface area contributed by atoms with Crippen LogP contribution < -0.4 is 10.1 Å². The Kier molecular flexibility index (Phi) is 6.28. The minimum Gasteiger partial charge on any atom is -0.497 e. The summed E-state index contributed by atoms with van der Waals surface area (Å²) in [6.45, 7) is 7.50. The average molecular weight is 435 g/mol. The highest BCUT2D eigenvalue weighted by atomic mass is 32.1. The normalized spacial score (nSPS) is 18.3. The predicted molar refractivity (Wildman–Crippen MR) is 129 cm³/mol. The number of benzene rings is 1. The summed E-state index contributed by atoms with van der Waals surface area (Å²) in [6, 6.07) is 16.7. The van der Waals surface area contributed by atoms with Gasteiger partial charge in [0.15, 0.2) is 5.11 Å². The fraction of sp³-hybridized carbons (Fsp3) is 0.360. The molecule has 0 radical (unpaired) electrons. The van der Waals surface area contributed by atoms with E-state index < -0.39 is 0 Å². The van der Waals surface area contributed by atoms with Crippen molar-refractivity contribution in [2.45, 2.75) is 45.7 Å². The quantitative estimate of drug-likeness (QED) is 0.513. The van der Waals surface area contributed by atoms with Crippen LogP contribution in [0.2, 0.25) is 0 Å². The largest absolute Gasteiger partial charge is 0.497 e. The van der Waals surface area contributed by atoms with E-state index in [2.05, 4.69) is 64.8 Å². The van der Waals surface area contributed by atoms with Gasteiger partial charge in [0.2, 0.25) is 0 Å². The Balaban J connectivity index is 1.79. The Bertz CT molecular complexity index is 1050. The van der Waals surface area contributed by atoms with E-state index in [1.54, 1.807) is 7.11 Å². The van der Waals surface area contributed by atoms with Crippen LogP contribution in [-0.2, 0) is 0 Å². The summed E-state index contributed by atoms with van der Waals surface area (Å²) in [5, 5.41) is 4.37. The second-order valence-electron chi connectivity index (χ2n) is 8.03. The minimum atomic E-state index is 0.0235. The first-order valence-corrected chi connectivity index (χ1v) is 11.3. The van der Waals surface area contributed by atoms with Crippen LogP contribution >= 0.6 is 12.2 Å². The Morgan fingerprint density at radius 2 is 1.90 bits per heavy atom. The third-order valence-electron chi connectivity index (χ3n) is 6.07. The van der Waals surface area contributed by atoms with Gasteiger partial charge in [0.25, 0.3) is 0 Å². The third kappa shape index (κ3) is 4.04. The molecule has 1 saturated heterocycles. The Morgan fingerprint density at radius 3 is 2.55 bits per heavy atom. The average Bonchev–Trinajstić information content (AvgIpc) is 3.27. The molecular weight excluding hydrogens is 404 g/mol. The van der Waals surface area contributed by atoms with Crippen molar-refractivity contribution in [1.82, 2.24) is 19.8 Å². The highest BCUT2D eigenvalue weighted by Gasteiger charge is 2.41. The molecule has 3 heterocycles. The molecule has 5 nitrogen and oxygen atoms in total. The van der Waals surface area contributed by atoms with Crippen molar-refractivity contribution in [3.05, 3.63) is 77.4 Å². The lowest BCUT2D eigenvalue weighted by Crippen LogP contribution is -2.30. The van der Waals surface area contributed by atoms with Gasteiger partial charge in [-0.25, -0.2) is 0 Å². The first kappa shape index (κ1) is 21.4. The van der Waals surface area contributed by atoms with Gasteiger partial charge in [-0.05, 0) is 80.5 Å². The lowest BCUT2D eigenvalue weighted by atomic mass is 9.96. The van der Waals surface area contributed by atoms with Gasteiger partial charge < -0.3 is 19.5 Å². The maximum Gasteiger partial charge on any atom is 0.170 e.